The summed E-state index contributed by atoms with van der Waals surface area (Å²) in [6.07, 6.45) is 7.39. The highest BCUT2D eigenvalue weighted by atomic mass is 79.9. The van der Waals surface area contributed by atoms with E-state index in [1.165, 1.54) is 12.8 Å². The molecule has 1 saturated carbocycles. The third-order valence-electron chi connectivity index (χ3n) is 4.07. The Morgan fingerprint density at radius 3 is 2.95 bits per heavy atom. The second-order valence-electron chi connectivity index (χ2n) is 5.95. The normalized spacial score (nSPS) is 25.8. The summed E-state index contributed by atoms with van der Waals surface area (Å²) < 4.78 is 7.07. The van der Waals surface area contributed by atoms with Crippen LogP contribution in [0.2, 0.25) is 0 Å². The van der Waals surface area contributed by atoms with Crippen molar-refractivity contribution < 1.29 is 4.74 Å². The lowest BCUT2D eigenvalue weighted by molar-refractivity contribution is -0.0880. The van der Waals surface area contributed by atoms with Crippen LogP contribution in [0.3, 0.4) is 0 Å². The van der Waals surface area contributed by atoms with E-state index in [-0.39, 0.29) is 5.60 Å². The van der Waals surface area contributed by atoms with Gasteiger partial charge in [-0.25, -0.2) is 9.97 Å². The van der Waals surface area contributed by atoms with Crippen LogP contribution >= 0.6 is 15.9 Å². The Morgan fingerprint density at radius 2 is 2.29 bits per heavy atom. The van der Waals surface area contributed by atoms with Gasteiger partial charge in [0.25, 0.3) is 0 Å². The van der Waals surface area contributed by atoms with Crippen LogP contribution in [0.25, 0.3) is 0 Å². The molecule has 1 aliphatic rings. The summed E-state index contributed by atoms with van der Waals surface area (Å²) in [5, 5.41) is 3.36. The van der Waals surface area contributed by atoms with Crippen molar-refractivity contribution in [2.45, 2.75) is 58.5 Å². The second kappa shape index (κ2) is 7.54. The van der Waals surface area contributed by atoms with Gasteiger partial charge in [-0.15, -0.1) is 0 Å². The van der Waals surface area contributed by atoms with E-state index in [4.69, 9.17) is 9.72 Å². The third-order valence-corrected chi connectivity index (χ3v) is 4.65. The molecule has 1 N–H and O–H groups in total. The molecular weight excluding hydrogens is 330 g/mol. The van der Waals surface area contributed by atoms with Crippen LogP contribution in [0.15, 0.2) is 10.7 Å². The molecule has 21 heavy (non-hydrogen) atoms. The van der Waals surface area contributed by atoms with Crippen molar-refractivity contribution in [2.24, 2.45) is 5.92 Å². The quantitative estimate of drug-likeness (QED) is 0.815. The third kappa shape index (κ3) is 3.95. The summed E-state index contributed by atoms with van der Waals surface area (Å²) in [5.41, 5.74) is -0.310. The highest BCUT2D eigenvalue weighted by Gasteiger charge is 2.40. The fraction of sp³-hybridized carbons (Fsp3) is 0.750. The molecule has 1 aromatic rings. The lowest BCUT2D eigenvalue weighted by Gasteiger charge is -2.38. The number of ether oxygens (including phenoxy) is 1. The number of halogens is 1. The largest absolute Gasteiger partial charge is 0.369 e. The summed E-state index contributed by atoms with van der Waals surface area (Å²) in [4.78, 5) is 9.34. The first-order valence-electron chi connectivity index (χ1n) is 8.02. The smallest absolute Gasteiger partial charge is 0.162 e. The van der Waals surface area contributed by atoms with Gasteiger partial charge in [0.1, 0.15) is 11.4 Å². The van der Waals surface area contributed by atoms with E-state index in [1.54, 1.807) is 0 Å². The molecule has 2 rings (SSSR count). The lowest BCUT2D eigenvalue weighted by Crippen LogP contribution is -2.37. The van der Waals surface area contributed by atoms with Crippen molar-refractivity contribution in [2.75, 3.05) is 18.5 Å². The Kier molecular flexibility index (Phi) is 5.99. The molecule has 1 aliphatic carbocycles. The van der Waals surface area contributed by atoms with E-state index in [0.29, 0.717) is 12.5 Å². The Hall–Kier alpha value is -0.680. The molecule has 5 heteroatoms. The van der Waals surface area contributed by atoms with Gasteiger partial charge in [0.15, 0.2) is 5.82 Å². The van der Waals surface area contributed by atoms with Gasteiger partial charge in [0, 0.05) is 19.3 Å². The molecular formula is C16H26BrN3O. The molecule has 0 bridgehead atoms. The van der Waals surface area contributed by atoms with Crippen LogP contribution in [0, 0.1) is 5.92 Å². The minimum atomic E-state index is -0.310. The van der Waals surface area contributed by atoms with Crippen LogP contribution in [-0.4, -0.2) is 23.1 Å². The average Bonchev–Trinajstić information content (AvgIpc) is 2.46. The van der Waals surface area contributed by atoms with Crippen molar-refractivity contribution in [1.29, 1.82) is 0 Å². The van der Waals surface area contributed by atoms with E-state index in [9.17, 15) is 0 Å². The number of rotatable bonds is 6. The Morgan fingerprint density at radius 1 is 1.48 bits per heavy atom. The first-order valence-corrected chi connectivity index (χ1v) is 8.81. The van der Waals surface area contributed by atoms with Gasteiger partial charge in [0.2, 0.25) is 0 Å². The first-order chi connectivity index (χ1) is 10.1. The van der Waals surface area contributed by atoms with E-state index in [2.05, 4.69) is 47.0 Å². The fourth-order valence-corrected chi connectivity index (χ4v) is 3.46. The van der Waals surface area contributed by atoms with E-state index >= 15 is 0 Å². The molecule has 0 aromatic carbocycles. The number of hydrogen-bond acceptors (Lipinski definition) is 4. The van der Waals surface area contributed by atoms with Crippen molar-refractivity contribution in [3.63, 3.8) is 0 Å². The Labute approximate surface area is 136 Å². The molecule has 1 aromatic heterocycles. The Bertz CT molecular complexity index is 465. The zero-order valence-corrected chi connectivity index (χ0v) is 14.9. The molecule has 118 valence electrons. The fourth-order valence-electron chi connectivity index (χ4n) is 3.13. The van der Waals surface area contributed by atoms with Gasteiger partial charge in [-0.1, -0.05) is 20.3 Å². The summed E-state index contributed by atoms with van der Waals surface area (Å²) >= 11 is 3.52. The molecule has 0 amide bonds. The van der Waals surface area contributed by atoms with Crippen molar-refractivity contribution >= 4 is 21.7 Å². The van der Waals surface area contributed by atoms with Crippen LogP contribution in [-0.2, 0) is 10.3 Å². The minimum Gasteiger partial charge on any atom is -0.369 e. The maximum absolute atomic E-state index is 6.16. The molecule has 0 radical (unpaired) electrons. The summed E-state index contributed by atoms with van der Waals surface area (Å²) in [6.45, 7) is 8.10. The monoisotopic (exact) mass is 355 g/mol. The van der Waals surface area contributed by atoms with Crippen molar-refractivity contribution in [1.82, 2.24) is 9.97 Å². The second-order valence-corrected chi connectivity index (χ2v) is 6.80. The van der Waals surface area contributed by atoms with Gasteiger partial charge < -0.3 is 10.1 Å². The van der Waals surface area contributed by atoms with Crippen LogP contribution < -0.4 is 5.32 Å². The van der Waals surface area contributed by atoms with Gasteiger partial charge in [-0.2, -0.15) is 0 Å². The molecule has 2 atom stereocenters. The topological polar surface area (TPSA) is 47.0 Å². The van der Waals surface area contributed by atoms with E-state index in [0.717, 1.165) is 41.9 Å². The predicted molar refractivity (Wildman–Crippen MR) is 89.4 cm³/mol. The van der Waals surface area contributed by atoms with Gasteiger partial charge >= 0.3 is 0 Å². The highest BCUT2D eigenvalue weighted by Crippen LogP contribution is 2.42. The molecule has 1 heterocycles. The molecule has 0 spiro atoms. The standard InChI is InChI=1S/C16H26BrN3O/c1-4-9-18-14-13(17)11-19-15(20-14)16(21-5-2)8-6-7-12(3)10-16/h11-12H,4-10H2,1-3H3,(H,18,19,20). The Balaban J connectivity index is 2.31. The molecule has 0 saturated heterocycles. The van der Waals surface area contributed by atoms with E-state index in [1.807, 2.05) is 6.20 Å². The molecule has 4 nitrogen and oxygen atoms in total. The average molecular weight is 356 g/mol. The molecule has 1 fully saturated rings. The van der Waals surface area contributed by atoms with Gasteiger partial charge in [-0.05, 0) is 54.5 Å². The summed E-state index contributed by atoms with van der Waals surface area (Å²) in [7, 11) is 0. The van der Waals surface area contributed by atoms with Crippen LogP contribution in [0.4, 0.5) is 5.82 Å². The maximum Gasteiger partial charge on any atom is 0.162 e. The number of nitrogens with one attached hydrogen (secondary N) is 1. The minimum absolute atomic E-state index is 0.310. The molecule has 0 aliphatic heterocycles. The zero-order valence-electron chi connectivity index (χ0n) is 13.3. The summed E-state index contributed by atoms with van der Waals surface area (Å²) in [6, 6.07) is 0. The van der Waals surface area contributed by atoms with Crippen molar-refractivity contribution in [3.05, 3.63) is 16.5 Å². The zero-order chi connectivity index (χ0) is 15.3. The number of aromatic nitrogens is 2. The maximum atomic E-state index is 6.16. The van der Waals surface area contributed by atoms with Gasteiger partial charge in [-0.3, -0.25) is 0 Å². The lowest BCUT2D eigenvalue weighted by atomic mass is 9.78. The van der Waals surface area contributed by atoms with Gasteiger partial charge in [0.05, 0.1) is 4.47 Å². The SMILES string of the molecule is CCCNc1nc(C2(OCC)CCCC(C)C2)ncc1Br. The first kappa shape index (κ1) is 16.7. The summed E-state index contributed by atoms with van der Waals surface area (Å²) in [5.74, 6) is 2.36. The number of nitrogens with zero attached hydrogens (tertiary/aromatic N) is 2. The molecule has 2 unspecified atom stereocenters. The number of hydrogen-bond donors (Lipinski definition) is 1. The van der Waals surface area contributed by atoms with E-state index < -0.39 is 0 Å². The van der Waals surface area contributed by atoms with Crippen LogP contribution in [0.1, 0.15) is 58.7 Å². The highest BCUT2D eigenvalue weighted by molar-refractivity contribution is 9.10. The van der Waals surface area contributed by atoms with Crippen LogP contribution in [0.5, 0.6) is 0 Å². The number of anilines is 1. The van der Waals surface area contributed by atoms with Crippen molar-refractivity contribution in [3.8, 4) is 0 Å². The predicted octanol–water partition coefficient (Wildman–Crippen LogP) is 4.50.